The van der Waals surface area contributed by atoms with E-state index < -0.39 is 23.8 Å². The van der Waals surface area contributed by atoms with Crippen LogP contribution in [0.3, 0.4) is 0 Å². The molecule has 6 heteroatoms. The molecule has 16 heavy (non-hydrogen) atoms. The van der Waals surface area contributed by atoms with Crippen LogP contribution in [-0.4, -0.2) is 41.1 Å². The normalized spacial score (nSPS) is 37.9. The molecule has 0 amide bonds. The van der Waals surface area contributed by atoms with Crippen molar-refractivity contribution in [3.05, 3.63) is 0 Å². The van der Waals surface area contributed by atoms with Gasteiger partial charge in [0.25, 0.3) is 0 Å². The topological polar surface area (TPSA) is 29.5 Å². The zero-order chi connectivity index (χ0) is 11.8. The number of hydrogen-bond donors (Lipinski definition) is 1. The molecule has 0 aromatic rings. The van der Waals surface area contributed by atoms with Crippen molar-refractivity contribution in [2.24, 2.45) is 5.92 Å². The van der Waals surface area contributed by atoms with Crippen molar-refractivity contribution >= 4 is 11.8 Å². The highest BCUT2D eigenvalue weighted by Crippen LogP contribution is 2.43. The minimum absolute atomic E-state index is 0.299. The zero-order valence-corrected chi connectivity index (χ0v) is 9.61. The predicted octanol–water partition coefficient (Wildman–Crippen LogP) is 2.21. The summed E-state index contributed by atoms with van der Waals surface area (Å²) >= 11 is 1.71. The molecular weight excluding hydrogens is 241 g/mol. The van der Waals surface area contributed by atoms with Crippen molar-refractivity contribution in [2.75, 3.05) is 18.1 Å². The van der Waals surface area contributed by atoms with Crippen LogP contribution in [-0.2, 0) is 4.74 Å². The maximum atomic E-state index is 12.4. The third kappa shape index (κ3) is 2.49. The second kappa shape index (κ2) is 4.38. The van der Waals surface area contributed by atoms with E-state index >= 15 is 0 Å². The largest absolute Gasteiger partial charge is 0.414 e. The van der Waals surface area contributed by atoms with Crippen molar-refractivity contribution in [1.82, 2.24) is 0 Å². The molecule has 1 N–H and O–H groups in total. The monoisotopic (exact) mass is 256 g/mol. The third-order valence-electron chi connectivity index (χ3n) is 3.38. The average Bonchev–Trinajstić information content (AvgIpc) is 2.64. The van der Waals surface area contributed by atoms with Gasteiger partial charge >= 0.3 is 6.18 Å². The van der Waals surface area contributed by atoms with Gasteiger partial charge in [-0.3, -0.25) is 0 Å². The molecule has 2 aliphatic rings. The maximum absolute atomic E-state index is 12.4. The lowest BCUT2D eigenvalue weighted by atomic mass is 9.82. The molecule has 2 unspecified atom stereocenters. The van der Waals surface area contributed by atoms with Crippen molar-refractivity contribution in [1.29, 1.82) is 0 Å². The molecule has 2 nitrogen and oxygen atoms in total. The first-order chi connectivity index (χ1) is 7.43. The second-order valence-corrected chi connectivity index (χ2v) is 5.68. The van der Waals surface area contributed by atoms with Crippen molar-refractivity contribution < 1.29 is 23.0 Å². The Morgan fingerprint density at radius 1 is 1.44 bits per heavy atom. The summed E-state index contributed by atoms with van der Waals surface area (Å²) in [5.74, 6) is 0.996. The third-order valence-corrected chi connectivity index (χ3v) is 4.60. The number of aliphatic hydroxyl groups excluding tert-OH is 1. The molecule has 94 valence electrons. The van der Waals surface area contributed by atoms with Crippen LogP contribution in [0.4, 0.5) is 13.2 Å². The van der Waals surface area contributed by atoms with Crippen LogP contribution >= 0.6 is 11.8 Å². The first-order valence-electron chi connectivity index (χ1n) is 5.39. The summed E-state index contributed by atoms with van der Waals surface area (Å²) < 4.78 is 42.9. The summed E-state index contributed by atoms with van der Waals surface area (Å²) in [6.45, 7) is 0.332. The quantitative estimate of drug-likeness (QED) is 0.780. The Hall–Kier alpha value is 0.0600. The van der Waals surface area contributed by atoms with E-state index in [1.807, 2.05) is 0 Å². The summed E-state index contributed by atoms with van der Waals surface area (Å²) in [5.41, 5.74) is -0.403. The molecule has 2 heterocycles. The van der Waals surface area contributed by atoms with Crippen LogP contribution in [0.1, 0.15) is 19.3 Å². The molecule has 2 rings (SSSR count). The van der Waals surface area contributed by atoms with Crippen molar-refractivity contribution in [3.63, 3.8) is 0 Å². The van der Waals surface area contributed by atoms with Gasteiger partial charge in [-0.2, -0.15) is 24.9 Å². The lowest BCUT2D eigenvalue weighted by Crippen LogP contribution is -2.47. The number of aliphatic hydroxyl groups is 1. The molecule has 0 saturated carbocycles. The highest BCUT2D eigenvalue weighted by Gasteiger charge is 2.49. The number of thioether (sulfide) groups is 1. The summed E-state index contributed by atoms with van der Waals surface area (Å²) in [6, 6.07) is 0. The molecular formula is C10H15F3O2S. The minimum Gasteiger partial charge on any atom is -0.383 e. The Morgan fingerprint density at radius 3 is 2.75 bits per heavy atom. The Balaban J connectivity index is 2.01. The molecule has 0 aliphatic carbocycles. The van der Waals surface area contributed by atoms with Crippen LogP contribution in [0, 0.1) is 5.92 Å². The molecule has 0 aromatic heterocycles. The molecule has 1 spiro atoms. The van der Waals surface area contributed by atoms with E-state index in [9.17, 15) is 18.3 Å². The summed E-state index contributed by atoms with van der Waals surface area (Å²) in [7, 11) is 0. The van der Waals surface area contributed by atoms with Crippen LogP contribution in [0.2, 0.25) is 0 Å². The smallest absolute Gasteiger partial charge is 0.383 e. The Labute approximate surface area is 96.5 Å². The van der Waals surface area contributed by atoms with Gasteiger partial charge in [0.1, 0.15) is 0 Å². The molecule has 3 atom stereocenters. The number of ether oxygens (including phenoxy) is 1. The van der Waals surface area contributed by atoms with Gasteiger partial charge in [-0.15, -0.1) is 0 Å². The van der Waals surface area contributed by atoms with Crippen molar-refractivity contribution in [3.8, 4) is 0 Å². The molecule has 2 fully saturated rings. The van der Waals surface area contributed by atoms with E-state index in [-0.39, 0.29) is 0 Å². The van der Waals surface area contributed by atoms with Gasteiger partial charge in [0.2, 0.25) is 0 Å². The number of rotatable bonds is 1. The molecule has 2 aliphatic heterocycles. The predicted molar refractivity (Wildman–Crippen MR) is 55.4 cm³/mol. The lowest BCUT2D eigenvalue weighted by molar-refractivity contribution is -0.233. The van der Waals surface area contributed by atoms with Gasteiger partial charge in [-0.05, 0) is 30.9 Å². The maximum Gasteiger partial charge on any atom is 0.414 e. The fraction of sp³-hybridized carbons (Fsp3) is 1.00. The van der Waals surface area contributed by atoms with Gasteiger partial charge < -0.3 is 9.84 Å². The van der Waals surface area contributed by atoms with Crippen LogP contribution in [0.25, 0.3) is 0 Å². The van der Waals surface area contributed by atoms with E-state index in [2.05, 4.69) is 0 Å². The first kappa shape index (κ1) is 12.5. The van der Waals surface area contributed by atoms with Crippen LogP contribution < -0.4 is 0 Å². The van der Waals surface area contributed by atoms with Gasteiger partial charge in [0.05, 0.1) is 5.60 Å². The fourth-order valence-corrected chi connectivity index (χ4v) is 3.84. The van der Waals surface area contributed by atoms with E-state index in [1.54, 1.807) is 11.8 Å². The molecule has 0 aromatic carbocycles. The van der Waals surface area contributed by atoms with E-state index in [4.69, 9.17) is 4.74 Å². The summed E-state index contributed by atoms with van der Waals surface area (Å²) in [6.07, 6.45) is -5.26. The average molecular weight is 256 g/mol. The summed E-state index contributed by atoms with van der Waals surface area (Å²) in [5, 5.41) is 9.27. The number of halogens is 3. The Bertz CT molecular complexity index is 251. The zero-order valence-electron chi connectivity index (χ0n) is 8.79. The number of hydrogen-bond acceptors (Lipinski definition) is 3. The SMILES string of the molecule is O[C@H](C1CCOC2(CCSC2)C1)C(F)(F)F. The highest BCUT2D eigenvalue weighted by atomic mass is 32.2. The van der Waals surface area contributed by atoms with E-state index in [0.717, 1.165) is 17.9 Å². The highest BCUT2D eigenvalue weighted by molar-refractivity contribution is 7.99. The van der Waals surface area contributed by atoms with E-state index in [1.165, 1.54) is 0 Å². The number of alkyl halides is 3. The van der Waals surface area contributed by atoms with E-state index in [0.29, 0.717) is 19.4 Å². The molecule has 0 bridgehead atoms. The lowest BCUT2D eigenvalue weighted by Gasteiger charge is -2.39. The van der Waals surface area contributed by atoms with Gasteiger partial charge in [0, 0.05) is 12.4 Å². The Morgan fingerprint density at radius 2 is 2.19 bits per heavy atom. The van der Waals surface area contributed by atoms with Crippen molar-refractivity contribution in [2.45, 2.75) is 37.1 Å². The second-order valence-electron chi connectivity index (χ2n) is 4.57. The van der Waals surface area contributed by atoms with Crippen LogP contribution in [0.5, 0.6) is 0 Å². The van der Waals surface area contributed by atoms with Gasteiger partial charge in [0.15, 0.2) is 6.10 Å². The minimum atomic E-state index is -4.51. The Kier molecular flexibility index (Phi) is 3.43. The summed E-state index contributed by atoms with van der Waals surface area (Å²) in [4.78, 5) is 0. The standard InChI is InChI=1S/C10H15F3O2S/c11-10(12,13)8(14)7-1-3-15-9(5-7)2-4-16-6-9/h7-8,14H,1-6H2/t7?,8-,9?/m1/s1. The molecule has 0 radical (unpaired) electrons. The van der Waals surface area contributed by atoms with Gasteiger partial charge in [-0.1, -0.05) is 0 Å². The fourth-order valence-electron chi connectivity index (χ4n) is 2.47. The van der Waals surface area contributed by atoms with Crippen LogP contribution in [0.15, 0.2) is 0 Å². The first-order valence-corrected chi connectivity index (χ1v) is 6.55. The van der Waals surface area contributed by atoms with Gasteiger partial charge in [-0.25, -0.2) is 0 Å². The molecule has 2 saturated heterocycles.